The molecule has 0 atom stereocenters. The van der Waals surface area contributed by atoms with Crippen molar-refractivity contribution in [3.8, 4) is 17.9 Å². The molecule has 1 aliphatic rings. The van der Waals surface area contributed by atoms with E-state index in [1.807, 2.05) is 19.9 Å². The zero-order valence-electron chi connectivity index (χ0n) is 13.1. The summed E-state index contributed by atoms with van der Waals surface area (Å²) in [6.45, 7) is 4.83. The maximum atomic E-state index is 13.3. The highest BCUT2D eigenvalue weighted by atomic mass is 19.1. The predicted octanol–water partition coefficient (Wildman–Crippen LogP) is 3.39. The number of allylic oxidation sites excluding steroid dienone is 1. The van der Waals surface area contributed by atoms with Crippen molar-refractivity contribution in [2.45, 2.75) is 20.3 Å². The number of carboxylic acid groups (broad SMARTS) is 1. The fourth-order valence-electron chi connectivity index (χ4n) is 2.62. The number of piperidine rings is 1. The Morgan fingerprint density at radius 2 is 2.09 bits per heavy atom. The first-order chi connectivity index (χ1) is 10.8. The average molecular weight is 312 g/mol. The summed E-state index contributed by atoms with van der Waals surface area (Å²) in [5.41, 5.74) is 1.46. The van der Waals surface area contributed by atoms with Gasteiger partial charge in [0.05, 0.1) is 11.6 Å². The van der Waals surface area contributed by atoms with Gasteiger partial charge in [0.15, 0.2) is 0 Å². The molecule has 0 saturated carbocycles. The van der Waals surface area contributed by atoms with Crippen molar-refractivity contribution < 1.29 is 14.3 Å². The number of benzene rings is 1. The van der Waals surface area contributed by atoms with Crippen LogP contribution in [0.4, 0.5) is 9.18 Å². The molecule has 1 N–H and O–H groups in total. The Morgan fingerprint density at radius 3 is 2.70 bits per heavy atom. The highest BCUT2D eigenvalue weighted by molar-refractivity contribution is 5.65. The summed E-state index contributed by atoms with van der Waals surface area (Å²) in [6.07, 6.45) is 1.49. The highest BCUT2D eigenvalue weighted by Crippen LogP contribution is 2.34. The van der Waals surface area contributed by atoms with Crippen molar-refractivity contribution in [3.05, 3.63) is 46.8 Å². The summed E-state index contributed by atoms with van der Waals surface area (Å²) in [4.78, 5) is 12.5. The molecular formula is C18H17FN2O2. The van der Waals surface area contributed by atoms with E-state index in [0.717, 1.165) is 11.6 Å². The predicted molar refractivity (Wildman–Crippen MR) is 84.1 cm³/mol. The molecule has 1 amide bonds. The van der Waals surface area contributed by atoms with Crippen molar-refractivity contribution in [2.75, 3.05) is 13.1 Å². The van der Waals surface area contributed by atoms with Gasteiger partial charge in [-0.05, 0) is 30.7 Å². The van der Waals surface area contributed by atoms with Gasteiger partial charge in [-0.15, -0.1) is 0 Å². The zero-order valence-corrected chi connectivity index (χ0v) is 13.1. The number of halogens is 1. The smallest absolute Gasteiger partial charge is 0.407 e. The maximum absolute atomic E-state index is 13.3. The number of likely N-dealkylation sites (tertiary alicyclic amines) is 1. The standard InChI is InChI=1S/C18H17FN2O2/c1-18(2)12-21(17(22)23)7-6-15(18)5-3-4-13-8-14(11-20)10-16(19)9-13/h5,8-10H,6-7,12H2,1-2H3,(H,22,23)/b15-5+. The van der Waals surface area contributed by atoms with E-state index in [0.29, 0.717) is 25.1 Å². The molecule has 5 heteroatoms. The molecule has 1 heterocycles. The molecule has 1 fully saturated rings. The Morgan fingerprint density at radius 1 is 1.39 bits per heavy atom. The van der Waals surface area contributed by atoms with Gasteiger partial charge in [0.2, 0.25) is 0 Å². The molecule has 0 radical (unpaired) electrons. The number of hydrogen-bond acceptors (Lipinski definition) is 2. The largest absolute Gasteiger partial charge is 0.465 e. The molecule has 0 spiro atoms. The second kappa shape index (κ2) is 6.54. The molecule has 1 aromatic rings. The Bertz CT molecular complexity index is 763. The van der Waals surface area contributed by atoms with Crippen LogP contribution in [0.1, 0.15) is 31.4 Å². The minimum atomic E-state index is -0.910. The minimum absolute atomic E-state index is 0.233. The number of hydrogen-bond donors (Lipinski definition) is 1. The van der Waals surface area contributed by atoms with Gasteiger partial charge in [-0.2, -0.15) is 5.26 Å². The van der Waals surface area contributed by atoms with E-state index < -0.39 is 11.9 Å². The molecular weight excluding hydrogens is 295 g/mol. The summed E-state index contributed by atoms with van der Waals surface area (Å²) >= 11 is 0. The molecule has 2 rings (SSSR count). The third kappa shape index (κ3) is 4.11. The topological polar surface area (TPSA) is 64.3 Å². The van der Waals surface area contributed by atoms with Crippen LogP contribution in [-0.4, -0.2) is 29.2 Å². The average Bonchev–Trinajstić information content (AvgIpc) is 2.47. The van der Waals surface area contributed by atoms with Crippen LogP contribution >= 0.6 is 0 Å². The zero-order chi connectivity index (χ0) is 17.0. The molecule has 1 aliphatic heterocycles. The molecule has 0 bridgehead atoms. The van der Waals surface area contributed by atoms with Gasteiger partial charge in [0.1, 0.15) is 5.82 Å². The summed E-state index contributed by atoms with van der Waals surface area (Å²) < 4.78 is 13.3. The van der Waals surface area contributed by atoms with Crippen LogP contribution in [0.15, 0.2) is 29.8 Å². The van der Waals surface area contributed by atoms with E-state index in [1.165, 1.54) is 17.0 Å². The Balaban J connectivity index is 2.20. The third-order valence-corrected chi connectivity index (χ3v) is 3.87. The van der Waals surface area contributed by atoms with E-state index in [9.17, 15) is 9.18 Å². The van der Waals surface area contributed by atoms with Gasteiger partial charge in [-0.3, -0.25) is 0 Å². The monoisotopic (exact) mass is 312 g/mol. The second-order valence-corrected chi connectivity index (χ2v) is 6.12. The number of carbonyl (C=O) groups is 1. The van der Waals surface area contributed by atoms with Crippen LogP contribution in [0, 0.1) is 34.4 Å². The van der Waals surface area contributed by atoms with Gasteiger partial charge in [0.25, 0.3) is 0 Å². The van der Waals surface area contributed by atoms with Gasteiger partial charge < -0.3 is 10.0 Å². The molecule has 0 unspecified atom stereocenters. The quantitative estimate of drug-likeness (QED) is 0.747. The normalized spacial score (nSPS) is 18.0. The molecule has 1 aromatic carbocycles. The molecule has 1 saturated heterocycles. The number of amides is 1. The van der Waals surface area contributed by atoms with E-state index in [1.54, 1.807) is 6.08 Å². The summed E-state index contributed by atoms with van der Waals surface area (Å²) in [6, 6.07) is 5.87. The minimum Gasteiger partial charge on any atom is -0.465 e. The Hall–Kier alpha value is -2.79. The third-order valence-electron chi connectivity index (χ3n) is 3.87. The first-order valence-electron chi connectivity index (χ1n) is 7.21. The summed E-state index contributed by atoms with van der Waals surface area (Å²) in [7, 11) is 0. The van der Waals surface area contributed by atoms with Crippen LogP contribution in [0.25, 0.3) is 0 Å². The lowest BCUT2D eigenvalue weighted by Gasteiger charge is -2.38. The van der Waals surface area contributed by atoms with Crippen LogP contribution in [0.2, 0.25) is 0 Å². The fourth-order valence-corrected chi connectivity index (χ4v) is 2.62. The fraction of sp³-hybridized carbons (Fsp3) is 0.333. The van der Waals surface area contributed by atoms with Crippen LogP contribution in [0.3, 0.4) is 0 Å². The van der Waals surface area contributed by atoms with Crippen molar-refractivity contribution >= 4 is 6.09 Å². The van der Waals surface area contributed by atoms with Gasteiger partial charge in [-0.25, -0.2) is 9.18 Å². The van der Waals surface area contributed by atoms with Crippen molar-refractivity contribution in [1.82, 2.24) is 4.90 Å². The van der Waals surface area contributed by atoms with Crippen LogP contribution in [-0.2, 0) is 0 Å². The molecule has 0 aromatic heterocycles. The van der Waals surface area contributed by atoms with Crippen LogP contribution in [0.5, 0.6) is 0 Å². The summed E-state index contributed by atoms with van der Waals surface area (Å²) in [5, 5.41) is 17.9. The first-order valence-corrected chi connectivity index (χ1v) is 7.21. The van der Waals surface area contributed by atoms with E-state index in [4.69, 9.17) is 10.4 Å². The van der Waals surface area contributed by atoms with E-state index in [2.05, 4.69) is 11.8 Å². The second-order valence-electron chi connectivity index (χ2n) is 6.12. The lowest BCUT2D eigenvalue weighted by molar-refractivity contribution is 0.117. The van der Waals surface area contributed by atoms with Gasteiger partial charge in [-0.1, -0.05) is 31.3 Å². The Labute approximate surface area is 134 Å². The van der Waals surface area contributed by atoms with Gasteiger partial charge in [0, 0.05) is 24.1 Å². The lowest BCUT2D eigenvalue weighted by Crippen LogP contribution is -2.44. The van der Waals surface area contributed by atoms with E-state index in [-0.39, 0.29) is 11.0 Å². The van der Waals surface area contributed by atoms with Crippen LogP contribution < -0.4 is 0 Å². The molecule has 118 valence electrons. The van der Waals surface area contributed by atoms with Crippen molar-refractivity contribution in [3.63, 3.8) is 0 Å². The first kappa shape index (κ1) is 16.6. The molecule has 4 nitrogen and oxygen atoms in total. The van der Waals surface area contributed by atoms with Gasteiger partial charge >= 0.3 is 6.09 Å². The van der Waals surface area contributed by atoms with E-state index >= 15 is 0 Å². The lowest BCUT2D eigenvalue weighted by atomic mass is 9.79. The van der Waals surface area contributed by atoms with Crippen molar-refractivity contribution in [1.29, 1.82) is 5.26 Å². The number of rotatable bonds is 0. The Kier molecular flexibility index (Phi) is 4.71. The summed E-state index contributed by atoms with van der Waals surface area (Å²) in [5.74, 6) is 5.24. The molecule has 0 aliphatic carbocycles. The maximum Gasteiger partial charge on any atom is 0.407 e. The number of nitriles is 1. The SMILES string of the molecule is CC1(C)CN(C(=O)O)CC/C1=C\C#Cc1cc(F)cc(C#N)c1. The van der Waals surface area contributed by atoms with Crippen molar-refractivity contribution in [2.24, 2.45) is 5.41 Å². The number of nitrogens with zero attached hydrogens (tertiary/aromatic N) is 2. The highest BCUT2D eigenvalue weighted by Gasteiger charge is 2.32. The molecule has 23 heavy (non-hydrogen) atoms.